The molecule has 106 valence electrons. The summed E-state index contributed by atoms with van der Waals surface area (Å²) in [5.41, 5.74) is 0.491. The molecule has 0 aliphatic carbocycles. The molecule has 0 bridgehead atoms. The van der Waals surface area contributed by atoms with Crippen molar-refractivity contribution in [1.29, 1.82) is 0 Å². The van der Waals surface area contributed by atoms with Gasteiger partial charge in [-0.05, 0) is 18.2 Å². The van der Waals surface area contributed by atoms with E-state index in [2.05, 4.69) is 0 Å². The Kier molecular flexibility index (Phi) is 4.17. The molecular weight excluding hydrogens is 302 g/mol. The van der Waals surface area contributed by atoms with Gasteiger partial charge in [0.25, 0.3) is 0 Å². The topological polar surface area (TPSA) is 77.8 Å². The van der Waals surface area contributed by atoms with Gasteiger partial charge < -0.3 is 5.11 Å². The van der Waals surface area contributed by atoms with Crippen molar-refractivity contribution in [3.05, 3.63) is 59.1 Å². The quantitative estimate of drug-likeness (QED) is 0.851. The van der Waals surface area contributed by atoms with Crippen molar-refractivity contribution in [2.45, 2.75) is 6.54 Å². The maximum Gasteiger partial charge on any atom is 0.360 e. The monoisotopic (exact) mass is 313 g/mol. The van der Waals surface area contributed by atoms with Gasteiger partial charge in [-0.15, -0.1) is 0 Å². The highest BCUT2D eigenvalue weighted by atomic mass is 35.5. The van der Waals surface area contributed by atoms with Crippen LogP contribution in [0.15, 0.2) is 48.5 Å². The number of hydrogen-bond acceptors (Lipinski definition) is 3. The second kappa shape index (κ2) is 5.70. The summed E-state index contributed by atoms with van der Waals surface area (Å²) in [4.78, 5) is 0. The predicted molar refractivity (Wildman–Crippen MR) is 77.3 cm³/mol. The molecule has 0 aromatic heterocycles. The standard InChI is InChI=1S/C13H12ClNO4S/c14-11-6-2-3-7-12(11)15(20(17,18)19)9-10-5-1-4-8-13(10)16/h1-8,16H,9H2,(H,17,18,19). The van der Waals surface area contributed by atoms with Gasteiger partial charge in [-0.3, -0.25) is 4.55 Å². The molecule has 0 spiro atoms. The van der Waals surface area contributed by atoms with E-state index in [-0.39, 0.29) is 23.0 Å². The summed E-state index contributed by atoms with van der Waals surface area (Å²) in [5, 5.41) is 9.89. The van der Waals surface area contributed by atoms with Gasteiger partial charge in [-0.25, -0.2) is 4.31 Å². The second-order valence-electron chi connectivity index (χ2n) is 4.06. The van der Waals surface area contributed by atoms with Gasteiger partial charge in [0.05, 0.1) is 17.3 Å². The van der Waals surface area contributed by atoms with E-state index in [0.29, 0.717) is 5.56 Å². The van der Waals surface area contributed by atoms with Gasteiger partial charge >= 0.3 is 10.3 Å². The highest BCUT2D eigenvalue weighted by Gasteiger charge is 2.23. The van der Waals surface area contributed by atoms with Crippen LogP contribution in [0.2, 0.25) is 5.02 Å². The Hall–Kier alpha value is -1.76. The van der Waals surface area contributed by atoms with Crippen molar-refractivity contribution < 1.29 is 18.1 Å². The number of phenols is 1. The van der Waals surface area contributed by atoms with Gasteiger partial charge in [0.2, 0.25) is 0 Å². The van der Waals surface area contributed by atoms with E-state index in [0.717, 1.165) is 4.31 Å². The molecule has 20 heavy (non-hydrogen) atoms. The van der Waals surface area contributed by atoms with Gasteiger partial charge in [0.15, 0.2) is 0 Å². The van der Waals surface area contributed by atoms with Crippen LogP contribution in [0.25, 0.3) is 0 Å². The van der Waals surface area contributed by atoms with E-state index in [9.17, 15) is 18.1 Å². The first-order valence-electron chi connectivity index (χ1n) is 5.66. The van der Waals surface area contributed by atoms with E-state index < -0.39 is 10.3 Å². The fourth-order valence-corrected chi connectivity index (χ4v) is 2.74. The van der Waals surface area contributed by atoms with E-state index >= 15 is 0 Å². The van der Waals surface area contributed by atoms with Crippen LogP contribution in [0.5, 0.6) is 5.75 Å². The molecule has 0 unspecified atom stereocenters. The summed E-state index contributed by atoms with van der Waals surface area (Å²) in [6.07, 6.45) is 0. The highest BCUT2D eigenvalue weighted by Crippen LogP contribution is 2.30. The number of halogens is 1. The number of benzene rings is 2. The molecule has 2 rings (SSSR count). The number of hydrogen-bond donors (Lipinski definition) is 2. The zero-order chi connectivity index (χ0) is 14.8. The predicted octanol–water partition coefficient (Wildman–Crippen LogP) is 2.86. The Labute approximate surface area is 121 Å². The summed E-state index contributed by atoms with van der Waals surface area (Å²) in [5.74, 6) is -0.0618. The molecule has 0 saturated heterocycles. The van der Waals surface area contributed by atoms with E-state index in [1.807, 2.05) is 0 Å². The zero-order valence-electron chi connectivity index (χ0n) is 10.3. The van der Waals surface area contributed by atoms with Crippen molar-refractivity contribution >= 4 is 27.6 Å². The largest absolute Gasteiger partial charge is 0.508 e. The molecule has 2 aromatic carbocycles. The zero-order valence-corrected chi connectivity index (χ0v) is 11.8. The molecule has 0 aliphatic heterocycles. The lowest BCUT2D eigenvalue weighted by Crippen LogP contribution is -2.30. The van der Waals surface area contributed by atoms with Crippen molar-refractivity contribution in [3.63, 3.8) is 0 Å². The molecule has 2 N–H and O–H groups in total. The van der Waals surface area contributed by atoms with Crippen LogP contribution in [0.4, 0.5) is 5.69 Å². The number of anilines is 1. The third kappa shape index (κ3) is 3.22. The highest BCUT2D eigenvalue weighted by molar-refractivity contribution is 7.87. The molecule has 0 amide bonds. The summed E-state index contributed by atoms with van der Waals surface area (Å²) in [7, 11) is -4.52. The van der Waals surface area contributed by atoms with Crippen LogP contribution >= 0.6 is 11.6 Å². The molecule has 0 atom stereocenters. The molecule has 0 saturated carbocycles. The van der Waals surface area contributed by atoms with Gasteiger partial charge in [-0.1, -0.05) is 41.9 Å². The van der Waals surface area contributed by atoms with Crippen LogP contribution in [0.1, 0.15) is 5.56 Å². The van der Waals surface area contributed by atoms with Gasteiger partial charge in [0.1, 0.15) is 5.75 Å². The van der Waals surface area contributed by atoms with E-state index in [4.69, 9.17) is 11.6 Å². The maximum atomic E-state index is 11.5. The molecule has 0 aliphatic rings. The number of para-hydroxylation sites is 2. The molecule has 2 aromatic rings. The Morgan fingerprint density at radius 2 is 1.65 bits per heavy atom. The minimum absolute atomic E-state index is 0.0618. The van der Waals surface area contributed by atoms with Crippen LogP contribution in [0, 0.1) is 0 Å². The fraction of sp³-hybridized carbons (Fsp3) is 0.0769. The van der Waals surface area contributed by atoms with Crippen molar-refractivity contribution in [3.8, 4) is 5.75 Å². The lowest BCUT2D eigenvalue weighted by molar-refractivity contribution is 0.464. The SMILES string of the molecule is O=S(=O)(O)N(Cc1ccccc1O)c1ccccc1Cl. The average Bonchev–Trinajstić information content (AvgIpc) is 2.38. The smallest absolute Gasteiger partial charge is 0.360 e. The maximum absolute atomic E-state index is 11.5. The Bertz CT molecular complexity index is 718. The molecular formula is C13H12ClNO4S. The average molecular weight is 314 g/mol. The Morgan fingerprint density at radius 1 is 1.05 bits per heavy atom. The first-order chi connectivity index (χ1) is 9.39. The van der Waals surface area contributed by atoms with E-state index in [1.165, 1.54) is 18.2 Å². The first-order valence-corrected chi connectivity index (χ1v) is 7.43. The minimum Gasteiger partial charge on any atom is -0.508 e. The normalized spacial score (nSPS) is 11.3. The lowest BCUT2D eigenvalue weighted by Gasteiger charge is -2.22. The number of phenolic OH excluding ortho intramolecular Hbond substituents is 1. The van der Waals surface area contributed by atoms with Crippen molar-refractivity contribution in [1.82, 2.24) is 0 Å². The molecule has 5 nitrogen and oxygen atoms in total. The van der Waals surface area contributed by atoms with Crippen LogP contribution < -0.4 is 4.31 Å². The molecule has 0 radical (unpaired) electrons. The fourth-order valence-electron chi connectivity index (χ4n) is 1.74. The van der Waals surface area contributed by atoms with Crippen LogP contribution in [-0.2, 0) is 16.8 Å². The Balaban J connectivity index is 2.46. The molecule has 0 fully saturated rings. The molecule has 7 heteroatoms. The third-order valence-corrected chi connectivity index (χ3v) is 3.91. The molecule has 0 heterocycles. The number of rotatable bonds is 4. The summed E-state index contributed by atoms with van der Waals surface area (Å²) in [6, 6.07) is 12.5. The summed E-state index contributed by atoms with van der Waals surface area (Å²) < 4.78 is 33.2. The minimum atomic E-state index is -4.52. The van der Waals surface area contributed by atoms with Crippen LogP contribution in [0.3, 0.4) is 0 Å². The van der Waals surface area contributed by atoms with Crippen molar-refractivity contribution in [2.24, 2.45) is 0 Å². The summed E-state index contributed by atoms with van der Waals surface area (Å²) >= 11 is 5.95. The lowest BCUT2D eigenvalue weighted by atomic mass is 10.2. The third-order valence-electron chi connectivity index (χ3n) is 2.71. The Morgan fingerprint density at radius 3 is 2.25 bits per heavy atom. The number of aromatic hydroxyl groups is 1. The second-order valence-corrected chi connectivity index (χ2v) is 5.81. The first kappa shape index (κ1) is 14.6. The summed E-state index contributed by atoms with van der Waals surface area (Å²) in [6.45, 7) is -0.227. The van der Waals surface area contributed by atoms with Gasteiger partial charge in [-0.2, -0.15) is 8.42 Å². The van der Waals surface area contributed by atoms with Gasteiger partial charge in [0, 0.05) is 5.56 Å². The van der Waals surface area contributed by atoms with Crippen molar-refractivity contribution in [2.75, 3.05) is 4.31 Å². The number of nitrogens with zero attached hydrogens (tertiary/aromatic N) is 1. The van der Waals surface area contributed by atoms with Crippen LogP contribution in [-0.4, -0.2) is 18.1 Å². The van der Waals surface area contributed by atoms with E-state index in [1.54, 1.807) is 30.3 Å².